The van der Waals surface area contributed by atoms with E-state index in [1.54, 1.807) is 18.2 Å². The molecule has 4 rings (SSSR count). The largest absolute Gasteiger partial charge is 0.352 e. The zero-order chi connectivity index (χ0) is 18.0. The standard InChI is InChI=1S/C11H11Cl2N5O.C6H4/c1-2-18-9(15-10(17-14)16-11(18)19)6-3-4-7(12)8(13)5-6;1-2-6-4-3-5(1)6/h3-5H,2,14H2,1H3,(H,16,17,19);1-4H. The summed E-state index contributed by atoms with van der Waals surface area (Å²) in [6.45, 7) is 2.25. The van der Waals surface area contributed by atoms with E-state index in [-0.39, 0.29) is 5.95 Å². The summed E-state index contributed by atoms with van der Waals surface area (Å²) in [6.07, 6.45) is 0. The van der Waals surface area contributed by atoms with Gasteiger partial charge in [-0.15, -0.1) is 0 Å². The molecule has 0 bridgehead atoms. The van der Waals surface area contributed by atoms with E-state index in [0.29, 0.717) is 28.0 Å². The molecule has 8 heteroatoms. The SMILES string of the molecule is CCn1c(-c2ccc(Cl)c(Cl)c2)nc(NN)nc1=O.c1cc2ccc1-2. The van der Waals surface area contributed by atoms with E-state index in [1.165, 1.54) is 15.7 Å². The number of hydrogen-bond acceptors (Lipinski definition) is 5. The first kappa shape index (κ1) is 17.4. The van der Waals surface area contributed by atoms with Gasteiger partial charge in [0.15, 0.2) is 0 Å². The van der Waals surface area contributed by atoms with E-state index in [1.807, 2.05) is 6.92 Å². The molecule has 2 aliphatic rings. The molecule has 1 aromatic heterocycles. The fourth-order valence-electron chi connectivity index (χ4n) is 2.30. The Morgan fingerprint density at radius 3 is 2.04 bits per heavy atom. The van der Waals surface area contributed by atoms with E-state index in [4.69, 9.17) is 29.0 Å². The topological polar surface area (TPSA) is 85.8 Å². The minimum absolute atomic E-state index is 0.0516. The zero-order valence-corrected chi connectivity index (χ0v) is 14.8. The molecule has 1 heterocycles. The third-order valence-corrected chi connectivity index (χ3v) is 4.48. The van der Waals surface area contributed by atoms with Crippen molar-refractivity contribution in [3.05, 3.63) is 63.0 Å². The van der Waals surface area contributed by atoms with Gasteiger partial charge < -0.3 is 0 Å². The van der Waals surface area contributed by atoms with Crippen LogP contribution in [0.4, 0.5) is 5.95 Å². The maximum atomic E-state index is 11.8. The molecule has 0 saturated carbocycles. The molecule has 0 aliphatic heterocycles. The number of nitrogens with one attached hydrogen (secondary N) is 1. The van der Waals surface area contributed by atoms with Crippen molar-refractivity contribution in [2.75, 3.05) is 5.43 Å². The first-order chi connectivity index (χ1) is 12.0. The summed E-state index contributed by atoms with van der Waals surface area (Å²) in [7, 11) is 0. The van der Waals surface area contributed by atoms with Crippen molar-refractivity contribution in [3.63, 3.8) is 0 Å². The minimum atomic E-state index is -0.438. The predicted molar refractivity (Wildman–Crippen MR) is 101 cm³/mol. The number of fused-ring (bicyclic) bond motifs is 1. The minimum Gasteiger partial charge on any atom is -0.292 e. The van der Waals surface area contributed by atoms with Gasteiger partial charge in [0.25, 0.3) is 0 Å². The Bertz CT molecular complexity index is 949. The van der Waals surface area contributed by atoms with E-state index < -0.39 is 5.69 Å². The number of hydrazine groups is 1. The van der Waals surface area contributed by atoms with Gasteiger partial charge in [0.2, 0.25) is 5.95 Å². The van der Waals surface area contributed by atoms with E-state index in [0.717, 1.165) is 0 Å². The molecule has 0 fully saturated rings. The third kappa shape index (κ3) is 3.51. The summed E-state index contributed by atoms with van der Waals surface area (Å²) in [5.41, 5.74) is 5.33. The average molecular weight is 376 g/mol. The summed E-state index contributed by atoms with van der Waals surface area (Å²) >= 11 is 11.8. The lowest BCUT2D eigenvalue weighted by atomic mass is 9.95. The van der Waals surface area contributed by atoms with E-state index >= 15 is 0 Å². The van der Waals surface area contributed by atoms with Crippen molar-refractivity contribution >= 4 is 29.2 Å². The maximum Gasteiger partial charge on any atom is 0.352 e. The van der Waals surface area contributed by atoms with Crippen molar-refractivity contribution in [2.45, 2.75) is 13.5 Å². The van der Waals surface area contributed by atoms with Crippen LogP contribution in [0.2, 0.25) is 10.0 Å². The summed E-state index contributed by atoms with van der Waals surface area (Å²) < 4.78 is 1.42. The summed E-state index contributed by atoms with van der Waals surface area (Å²) in [4.78, 5) is 19.7. The van der Waals surface area contributed by atoms with Crippen LogP contribution in [-0.4, -0.2) is 14.5 Å². The van der Waals surface area contributed by atoms with Gasteiger partial charge in [-0.1, -0.05) is 47.5 Å². The van der Waals surface area contributed by atoms with Gasteiger partial charge in [-0.3, -0.25) is 9.99 Å². The Morgan fingerprint density at radius 1 is 1.00 bits per heavy atom. The molecule has 2 aromatic rings. The van der Waals surface area contributed by atoms with Crippen LogP contribution < -0.4 is 17.0 Å². The summed E-state index contributed by atoms with van der Waals surface area (Å²) in [5.74, 6) is 5.72. The number of benzene rings is 2. The molecular weight excluding hydrogens is 361 g/mol. The monoisotopic (exact) mass is 375 g/mol. The lowest BCUT2D eigenvalue weighted by molar-refractivity contribution is 0.687. The molecule has 1 aromatic carbocycles. The Hall–Kier alpha value is -2.41. The fraction of sp³-hybridized carbons (Fsp3) is 0.118. The number of rotatable bonds is 3. The van der Waals surface area contributed by atoms with Gasteiger partial charge in [0.1, 0.15) is 5.82 Å². The molecule has 0 saturated heterocycles. The molecule has 0 atom stereocenters. The van der Waals surface area contributed by atoms with Crippen molar-refractivity contribution in [3.8, 4) is 22.5 Å². The van der Waals surface area contributed by atoms with Crippen molar-refractivity contribution < 1.29 is 0 Å². The van der Waals surface area contributed by atoms with Gasteiger partial charge in [0, 0.05) is 12.1 Å². The van der Waals surface area contributed by atoms with Crippen LogP contribution in [0.15, 0.2) is 47.3 Å². The molecule has 0 spiro atoms. The molecular formula is C17H15Cl2N5O. The van der Waals surface area contributed by atoms with Gasteiger partial charge in [0.05, 0.1) is 10.0 Å². The number of nitrogen functional groups attached to an aromatic ring is 1. The first-order valence-electron chi connectivity index (χ1n) is 7.55. The summed E-state index contributed by atoms with van der Waals surface area (Å²) in [5, 5.41) is 0.817. The smallest absolute Gasteiger partial charge is 0.292 e. The molecule has 2 aliphatic carbocycles. The number of nitrogens with two attached hydrogens (primary N) is 1. The van der Waals surface area contributed by atoms with Crippen molar-refractivity contribution in [1.82, 2.24) is 14.5 Å². The number of hydrogen-bond donors (Lipinski definition) is 2. The molecule has 0 radical (unpaired) electrons. The van der Waals surface area contributed by atoms with Crippen LogP contribution in [0, 0.1) is 0 Å². The zero-order valence-electron chi connectivity index (χ0n) is 13.3. The summed E-state index contributed by atoms with van der Waals surface area (Å²) in [6, 6.07) is 13.5. The van der Waals surface area contributed by atoms with Crippen LogP contribution in [0.3, 0.4) is 0 Å². The Balaban J connectivity index is 0.000000250. The normalized spacial score (nSPS) is 10.7. The Kier molecular flexibility index (Phi) is 5.03. The number of halogens is 2. The third-order valence-electron chi connectivity index (χ3n) is 3.74. The van der Waals surface area contributed by atoms with Crippen LogP contribution in [0.25, 0.3) is 22.5 Å². The van der Waals surface area contributed by atoms with Gasteiger partial charge in [-0.25, -0.2) is 10.6 Å². The Morgan fingerprint density at radius 2 is 1.60 bits per heavy atom. The quantitative estimate of drug-likeness (QED) is 0.422. The predicted octanol–water partition coefficient (Wildman–Crippen LogP) is 3.58. The van der Waals surface area contributed by atoms with Gasteiger partial charge >= 0.3 is 5.69 Å². The highest BCUT2D eigenvalue weighted by Gasteiger charge is 2.12. The average Bonchev–Trinajstić information content (AvgIpc) is 2.60. The highest BCUT2D eigenvalue weighted by Crippen LogP contribution is 2.29. The highest BCUT2D eigenvalue weighted by atomic mass is 35.5. The Labute approximate surface area is 154 Å². The first-order valence-corrected chi connectivity index (χ1v) is 8.30. The van der Waals surface area contributed by atoms with E-state index in [9.17, 15) is 4.79 Å². The number of nitrogens with zero attached hydrogens (tertiary/aromatic N) is 3. The van der Waals surface area contributed by atoms with Crippen LogP contribution in [-0.2, 0) is 6.54 Å². The van der Waals surface area contributed by atoms with Crippen molar-refractivity contribution in [1.29, 1.82) is 0 Å². The van der Waals surface area contributed by atoms with Gasteiger partial charge in [-0.05, 0) is 36.2 Å². The maximum absolute atomic E-state index is 11.8. The molecule has 3 N–H and O–H groups in total. The second kappa shape index (κ2) is 7.23. The number of anilines is 1. The van der Waals surface area contributed by atoms with Crippen molar-refractivity contribution in [2.24, 2.45) is 5.84 Å². The van der Waals surface area contributed by atoms with Crippen LogP contribution in [0.5, 0.6) is 0 Å². The van der Waals surface area contributed by atoms with Crippen LogP contribution in [0.1, 0.15) is 6.92 Å². The molecule has 0 amide bonds. The van der Waals surface area contributed by atoms with Crippen LogP contribution >= 0.6 is 23.2 Å². The molecule has 0 unspecified atom stereocenters. The second-order valence-electron chi connectivity index (χ2n) is 5.25. The highest BCUT2D eigenvalue weighted by molar-refractivity contribution is 6.42. The number of aromatic nitrogens is 3. The van der Waals surface area contributed by atoms with Gasteiger partial charge in [-0.2, -0.15) is 9.97 Å². The van der Waals surface area contributed by atoms with E-state index in [2.05, 4.69) is 39.7 Å². The molecule has 25 heavy (non-hydrogen) atoms. The fourth-order valence-corrected chi connectivity index (χ4v) is 2.59. The lowest BCUT2D eigenvalue weighted by Crippen LogP contribution is -2.27. The lowest BCUT2D eigenvalue weighted by Gasteiger charge is -2.11. The molecule has 6 nitrogen and oxygen atoms in total. The second-order valence-corrected chi connectivity index (χ2v) is 6.06. The molecule has 128 valence electrons.